The van der Waals surface area contributed by atoms with E-state index < -0.39 is 0 Å². The predicted octanol–water partition coefficient (Wildman–Crippen LogP) is 0.869. The van der Waals surface area contributed by atoms with E-state index >= 15 is 0 Å². The largest absolute Gasteiger partial charge is 0.392 e. The summed E-state index contributed by atoms with van der Waals surface area (Å²) >= 11 is 0. The fraction of sp³-hybridized carbons (Fsp3) is 0.417. The Balaban J connectivity index is 2.05. The van der Waals surface area contributed by atoms with E-state index in [1.54, 1.807) is 12.1 Å². The smallest absolute Gasteiger partial charge is 0.241 e. The molecule has 1 heterocycles. The van der Waals surface area contributed by atoms with Gasteiger partial charge in [-0.3, -0.25) is 4.79 Å². The number of anilines is 1. The van der Waals surface area contributed by atoms with Crippen LogP contribution in [0.15, 0.2) is 24.3 Å². The van der Waals surface area contributed by atoms with E-state index in [4.69, 9.17) is 5.11 Å². The van der Waals surface area contributed by atoms with Crippen LogP contribution in [0.2, 0.25) is 0 Å². The van der Waals surface area contributed by atoms with Gasteiger partial charge in [-0.2, -0.15) is 0 Å². The van der Waals surface area contributed by atoms with Gasteiger partial charge in [-0.05, 0) is 25.5 Å². The summed E-state index contributed by atoms with van der Waals surface area (Å²) in [6.45, 7) is 0.842. The van der Waals surface area contributed by atoms with E-state index in [-0.39, 0.29) is 18.6 Å². The van der Waals surface area contributed by atoms with Gasteiger partial charge in [-0.25, -0.2) is 0 Å². The summed E-state index contributed by atoms with van der Waals surface area (Å²) in [5.41, 5.74) is 1.44. The van der Waals surface area contributed by atoms with Crippen molar-refractivity contribution in [1.82, 2.24) is 5.32 Å². The number of para-hydroxylation sites is 1. The van der Waals surface area contributed by atoms with E-state index in [0.29, 0.717) is 5.69 Å². The maximum Gasteiger partial charge on any atom is 0.241 e. The van der Waals surface area contributed by atoms with Crippen LogP contribution in [0.4, 0.5) is 5.69 Å². The molecule has 1 amide bonds. The maximum absolute atomic E-state index is 11.8. The molecule has 1 saturated heterocycles. The highest BCUT2D eigenvalue weighted by molar-refractivity contribution is 5.95. The number of nitrogens with one attached hydrogen (secondary N) is 2. The highest BCUT2D eigenvalue weighted by Crippen LogP contribution is 2.16. The van der Waals surface area contributed by atoms with Crippen molar-refractivity contribution < 1.29 is 9.90 Å². The molecular weight excluding hydrogens is 204 g/mol. The molecule has 0 aliphatic carbocycles. The molecule has 1 aliphatic heterocycles. The first-order chi connectivity index (χ1) is 7.81. The Hall–Kier alpha value is -1.39. The fourth-order valence-corrected chi connectivity index (χ4v) is 1.91. The van der Waals surface area contributed by atoms with E-state index in [0.717, 1.165) is 24.9 Å². The van der Waals surface area contributed by atoms with Crippen molar-refractivity contribution in [3.05, 3.63) is 29.8 Å². The Morgan fingerprint density at radius 3 is 3.00 bits per heavy atom. The number of carbonyl (C=O) groups excluding carboxylic acids is 1. The Labute approximate surface area is 94.7 Å². The first-order valence-corrected chi connectivity index (χ1v) is 5.54. The van der Waals surface area contributed by atoms with Crippen LogP contribution in [0, 0.1) is 0 Å². The van der Waals surface area contributed by atoms with Crippen molar-refractivity contribution in [1.29, 1.82) is 0 Å². The molecule has 3 N–H and O–H groups in total. The van der Waals surface area contributed by atoms with Crippen molar-refractivity contribution >= 4 is 11.6 Å². The van der Waals surface area contributed by atoms with Crippen LogP contribution in [0.5, 0.6) is 0 Å². The zero-order valence-electron chi connectivity index (χ0n) is 9.07. The Morgan fingerprint density at radius 1 is 1.50 bits per heavy atom. The summed E-state index contributed by atoms with van der Waals surface area (Å²) in [7, 11) is 0. The van der Waals surface area contributed by atoms with Crippen LogP contribution >= 0.6 is 0 Å². The minimum atomic E-state index is -0.0910. The zero-order chi connectivity index (χ0) is 11.4. The average molecular weight is 220 g/mol. The molecule has 0 radical (unpaired) electrons. The number of amides is 1. The van der Waals surface area contributed by atoms with Gasteiger partial charge in [-0.1, -0.05) is 18.2 Å². The number of aliphatic hydroxyl groups excluding tert-OH is 1. The van der Waals surface area contributed by atoms with Gasteiger partial charge in [0.2, 0.25) is 5.91 Å². The summed E-state index contributed by atoms with van der Waals surface area (Å²) in [5, 5.41) is 15.1. The van der Waals surface area contributed by atoms with Gasteiger partial charge in [0, 0.05) is 11.3 Å². The lowest BCUT2D eigenvalue weighted by Gasteiger charge is -2.13. The highest BCUT2D eigenvalue weighted by Gasteiger charge is 2.22. The number of hydrogen-bond donors (Lipinski definition) is 3. The molecule has 1 fully saturated rings. The van der Waals surface area contributed by atoms with Gasteiger partial charge in [0.05, 0.1) is 12.6 Å². The number of aliphatic hydroxyl groups is 1. The molecule has 0 saturated carbocycles. The Bertz CT molecular complexity index is 373. The quantitative estimate of drug-likeness (QED) is 0.708. The predicted molar refractivity (Wildman–Crippen MR) is 62.0 cm³/mol. The normalized spacial score (nSPS) is 19.7. The molecule has 86 valence electrons. The fourth-order valence-electron chi connectivity index (χ4n) is 1.91. The maximum atomic E-state index is 11.8. The van der Waals surface area contributed by atoms with Crippen molar-refractivity contribution in [3.8, 4) is 0 Å². The number of benzene rings is 1. The van der Waals surface area contributed by atoms with Crippen molar-refractivity contribution in [2.24, 2.45) is 0 Å². The molecule has 1 aromatic carbocycles. The van der Waals surface area contributed by atoms with E-state index in [1.807, 2.05) is 12.1 Å². The van der Waals surface area contributed by atoms with Crippen LogP contribution in [-0.2, 0) is 11.4 Å². The first-order valence-electron chi connectivity index (χ1n) is 5.54. The van der Waals surface area contributed by atoms with Gasteiger partial charge < -0.3 is 15.7 Å². The second-order valence-electron chi connectivity index (χ2n) is 3.95. The Morgan fingerprint density at radius 2 is 2.31 bits per heavy atom. The molecule has 4 nitrogen and oxygen atoms in total. The van der Waals surface area contributed by atoms with Crippen LogP contribution in [-0.4, -0.2) is 23.6 Å². The Kier molecular flexibility index (Phi) is 3.54. The molecule has 1 aliphatic rings. The molecular formula is C12H16N2O2. The summed E-state index contributed by atoms with van der Waals surface area (Å²) in [5.74, 6) is -0.0154. The van der Waals surface area contributed by atoms with Gasteiger partial charge >= 0.3 is 0 Å². The van der Waals surface area contributed by atoms with Gasteiger partial charge in [-0.15, -0.1) is 0 Å². The monoisotopic (exact) mass is 220 g/mol. The zero-order valence-corrected chi connectivity index (χ0v) is 9.07. The SMILES string of the molecule is O=C(Nc1ccccc1CO)C1CCCN1. The van der Waals surface area contributed by atoms with E-state index in [2.05, 4.69) is 10.6 Å². The third-order valence-corrected chi connectivity index (χ3v) is 2.82. The van der Waals surface area contributed by atoms with E-state index in [9.17, 15) is 4.79 Å². The highest BCUT2D eigenvalue weighted by atomic mass is 16.3. The van der Waals surface area contributed by atoms with E-state index in [1.165, 1.54) is 0 Å². The summed E-state index contributed by atoms with van der Waals surface area (Å²) in [6, 6.07) is 7.20. The standard InChI is InChI=1S/C12H16N2O2/c15-8-9-4-1-2-5-10(9)14-12(16)11-6-3-7-13-11/h1-2,4-5,11,13,15H,3,6-8H2,(H,14,16). The lowest BCUT2D eigenvalue weighted by Crippen LogP contribution is -2.35. The molecule has 2 rings (SSSR count). The first kappa shape index (κ1) is 11.1. The minimum absolute atomic E-state index is 0.0154. The third kappa shape index (κ3) is 2.40. The minimum Gasteiger partial charge on any atom is -0.392 e. The van der Waals surface area contributed by atoms with Gasteiger partial charge in [0.1, 0.15) is 0 Å². The second-order valence-corrected chi connectivity index (χ2v) is 3.95. The molecule has 0 spiro atoms. The molecule has 1 aromatic rings. The lowest BCUT2D eigenvalue weighted by molar-refractivity contribution is -0.117. The number of rotatable bonds is 3. The lowest BCUT2D eigenvalue weighted by atomic mass is 10.1. The van der Waals surface area contributed by atoms with Crippen LogP contribution in [0.1, 0.15) is 18.4 Å². The second kappa shape index (κ2) is 5.09. The van der Waals surface area contributed by atoms with Crippen molar-refractivity contribution in [2.45, 2.75) is 25.5 Å². The molecule has 0 bridgehead atoms. The molecule has 1 unspecified atom stereocenters. The van der Waals surface area contributed by atoms with Gasteiger partial charge in [0.25, 0.3) is 0 Å². The van der Waals surface area contributed by atoms with Crippen LogP contribution in [0.25, 0.3) is 0 Å². The average Bonchev–Trinajstić information content (AvgIpc) is 2.83. The molecule has 0 aromatic heterocycles. The third-order valence-electron chi connectivity index (χ3n) is 2.82. The van der Waals surface area contributed by atoms with Crippen molar-refractivity contribution in [2.75, 3.05) is 11.9 Å². The molecule has 1 atom stereocenters. The van der Waals surface area contributed by atoms with Gasteiger partial charge in [0.15, 0.2) is 0 Å². The van der Waals surface area contributed by atoms with Crippen molar-refractivity contribution in [3.63, 3.8) is 0 Å². The topological polar surface area (TPSA) is 61.4 Å². The number of hydrogen-bond acceptors (Lipinski definition) is 3. The summed E-state index contributed by atoms with van der Waals surface area (Å²) < 4.78 is 0. The molecule has 16 heavy (non-hydrogen) atoms. The summed E-state index contributed by atoms with van der Waals surface area (Å²) in [4.78, 5) is 11.8. The number of carbonyl (C=O) groups is 1. The van der Waals surface area contributed by atoms with Crippen LogP contribution in [0.3, 0.4) is 0 Å². The molecule has 4 heteroatoms. The van der Waals surface area contributed by atoms with Crippen LogP contribution < -0.4 is 10.6 Å². The summed E-state index contributed by atoms with van der Waals surface area (Å²) in [6.07, 6.45) is 1.92.